The molecule has 1 aliphatic heterocycles. The standard InChI is InChI=1S/C13H28N2O/c1-3-15(11-12-16-4-2)10-7-13-5-8-14-9-6-13/h13-14H,3-12H2,1-2H3. The van der Waals surface area contributed by atoms with Crippen LogP contribution < -0.4 is 5.32 Å². The van der Waals surface area contributed by atoms with Gasteiger partial charge in [0.2, 0.25) is 0 Å². The molecule has 16 heavy (non-hydrogen) atoms. The number of nitrogens with one attached hydrogen (secondary N) is 1. The van der Waals surface area contributed by atoms with E-state index in [4.69, 9.17) is 4.74 Å². The fourth-order valence-corrected chi connectivity index (χ4v) is 2.30. The second-order valence-corrected chi connectivity index (χ2v) is 4.61. The molecule has 1 rings (SSSR count). The van der Waals surface area contributed by atoms with Gasteiger partial charge < -0.3 is 15.0 Å². The van der Waals surface area contributed by atoms with Crippen LogP contribution in [-0.2, 0) is 4.74 Å². The molecule has 0 unspecified atom stereocenters. The molecule has 1 N–H and O–H groups in total. The number of nitrogens with zero attached hydrogens (tertiary/aromatic N) is 1. The molecule has 0 spiro atoms. The summed E-state index contributed by atoms with van der Waals surface area (Å²) in [5.74, 6) is 0.947. The lowest BCUT2D eigenvalue weighted by Gasteiger charge is -2.26. The zero-order chi connectivity index (χ0) is 11.6. The van der Waals surface area contributed by atoms with Gasteiger partial charge in [-0.2, -0.15) is 0 Å². The highest BCUT2D eigenvalue weighted by Crippen LogP contribution is 2.16. The lowest BCUT2D eigenvalue weighted by atomic mass is 9.94. The van der Waals surface area contributed by atoms with Gasteiger partial charge in [0.25, 0.3) is 0 Å². The molecule has 0 aliphatic carbocycles. The van der Waals surface area contributed by atoms with Gasteiger partial charge in [0.15, 0.2) is 0 Å². The van der Waals surface area contributed by atoms with Crippen LogP contribution in [0.2, 0.25) is 0 Å². The highest BCUT2D eigenvalue weighted by molar-refractivity contribution is 4.70. The van der Waals surface area contributed by atoms with E-state index in [1.165, 1.54) is 38.9 Å². The van der Waals surface area contributed by atoms with Crippen LogP contribution in [0.15, 0.2) is 0 Å². The van der Waals surface area contributed by atoms with E-state index in [1.54, 1.807) is 0 Å². The van der Waals surface area contributed by atoms with E-state index in [2.05, 4.69) is 24.1 Å². The zero-order valence-electron chi connectivity index (χ0n) is 11.0. The van der Waals surface area contributed by atoms with Crippen LogP contribution in [0.5, 0.6) is 0 Å². The number of hydrogen-bond donors (Lipinski definition) is 1. The summed E-state index contributed by atoms with van der Waals surface area (Å²) in [6, 6.07) is 0. The van der Waals surface area contributed by atoms with Crippen molar-refractivity contribution in [3.8, 4) is 0 Å². The first-order valence-corrected chi connectivity index (χ1v) is 6.87. The Labute approximate surface area is 101 Å². The van der Waals surface area contributed by atoms with Crippen LogP contribution in [0.4, 0.5) is 0 Å². The molecule has 3 heteroatoms. The van der Waals surface area contributed by atoms with Gasteiger partial charge in [0.1, 0.15) is 0 Å². The molecule has 1 heterocycles. The highest BCUT2D eigenvalue weighted by Gasteiger charge is 2.13. The molecule has 1 aliphatic rings. The van der Waals surface area contributed by atoms with Crippen molar-refractivity contribution in [2.45, 2.75) is 33.1 Å². The fourth-order valence-electron chi connectivity index (χ4n) is 2.30. The van der Waals surface area contributed by atoms with E-state index in [0.29, 0.717) is 0 Å². The smallest absolute Gasteiger partial charge is 0.0593 e. The predicted molar refractivity (Wildman–Crippen MR) is 68.8 cm³/mol. The Kier molecular flexibility index (Phi) is 7.81. The second-order valence-electron chi connectivity index (χ2n) is 4.61. The maximum Gasteiger partial charge on any atom is 0.0593 e. The number of piperidine rings is 1. The van der Waals surface area contributed by atoms with Crippen molar-refractivity contribution in [2.24, 2.45) is 5.92 Å². The van der Waals surface area contributed by atoms with E-state index in [0.717, 1.165) is 32.2 Å². The third-order valence-corrected chi connectivity index (χ3v) is 3.52. The molecule has 0 saturated carbocycles. The first kappa shape index (κ1) is 13.9. The van der Waals surface area contributed by atoms with Crippen molar-refractivity contribution in [3.05, 3.63) is 0 Å². The number of hydrogen-bond acceptors (Lipinski definition) is 3. The minimum atomic E-state index is 0.839. The topological polar surface area (TPSA) is 24.5 Å². The van der Waals surface area contributed by atoms with Crippen molar-refractivity contribution in [1.29, 1.82) is 0 Å². The first-order chi connectivity index (χ1) is 7.86. The Morgan fingerprint density at radius 3 is 2.56 bits per heavy atom. The van der Waals surface area contributed by atoms with Gasteiger partial charge in [-0.3, -0.25) is 0 Å². The Morgan fingerprint density at radius 2 is 1.94 bits per heavy atom. The van der Waals surface area contributed by atoms with Crippen LogP contribution in [0.25, 0.3) is 0 Å². The molecule has 0 aromatic rings. The number of ether oxygens (including phenoxy) is 1. The van der Waals surface area contributed by atoms with E-state index in [9.17, 15) is 0 Å². The normalized spacial score (nSPS) is 18.2. The SMILES string of the molecule is CCOCCN(CC)CCC1CCNCC1. The van der Waals surface area contributed by atoms with Gasteiger partial charge in [-0.1, -0.05) is 6.92 Å². The largest absolute Gasteiger partial charge is 0.380 e. The van der Waals surface area contributed by atoms with E-state index in [1.807, 2.05) is 0 Å². The Hall–Kier alpha value is -0.120. The molecule has 0 bridgehead atoms. The summed E-state index contributed by atoms with van der Waals surface area (Å²) in [4.78, 5) is 2.51. The fraction of sp³-hybridized carbons (Fsp3) is 1.00. The Morgan fingerprint density at radius 1 is 1.19 bits per heavy atom. The molecule has 0 aromatic heterocycles. The maximum absolute atomic E-state index is 5.41. The van der Waals surface area contributed by atoms with E-state index in [-0.39, 0.29) is 0 Å². The van der Waals surface area contributed by atoms with Gasteiger partial charge in [-0.05, 0) is 58.3 Å². The molecule has 1 fully saturated rings. The lowest BCUT2D eigenvalue weighted by Crippen LogP contribution is -2.33. The summed E-state index contributed by atoms with van der Waals surface area (Å²) in [7, 11) is 0. The quantitative estimate of drug-likeness (QED) is 0.640. The summed E-state index contributed by atoms with van der Waals surface area (Å²) in [6.07, 6.45) is 4.09. The van der Waals surface area contributed by atoms with Crippen LogP contribution in [0.3, 0.4) is 0 Å². The van der Waals surface area contributed by atoms with E-state index >= 15 is 0 Å². The molecular weight excluding hydrogens is 200 g/mol. The Bertz CT molecular complexity index is 158. The molecule has 0 aromatic carbocycles. The van der Waals surface area contributed by atoms with Crippen molar-refractivity contribution in [3.63, 3.8) is 0 Å². The molecule has 96 valence electrons. The zero-order valence-corrected chi connectivity index (χ0v) is 11.0. The molecule has 1 saturated heterocycles. The summed E-state index contributed by atoms with van der Waals surface area (Å²) in [5, 5.41) is 3.42. The highest BCUT2D eigenvalue weighted by atomic mass is 16.5. The van der Waals surface area contributed by atoms with Crippen molar-refractivity contribution >= 4 is 0 Å². The molecule has 3 nitrogen and oxygen atoms in total. The van der Waals surface area contributed by atoms with Crippen molar-refractivity contribution in [2.75, 3.05) is 45.9 Å². The molecular formula is C13H28N2O. The summed E-state index contributed by atoms with van der Waals surface area (Å²) < 4.78 is 5.41. The third kappa shape index (κ3) is 5.83. The monoisotopic (exact) mass is 228 g/mol. The van der Waals surface area contributed by atoms with E-state index < -0.39 is 0 Å². The minimum Gasteiger partial charge on any atom is -0.380 e. The van der Waals surface area contributed by atoms with Crippen LogP contribution >= 0.6 is 0 Å². The molecule has 0 amide bonds. The first-order valence-electron chi connectivity index (χ1n) is 6.87. The maximum atomic E-state index is 5.41. The van der Waals surface area contributed by atoms with Gasteiger partial charge in [-0.25, -0.2) is 0 Å². The third-order valence-electron chi connectivity index (χ3n) is 3.52. The number of rotatable bonds is 8. The summed E-state index contributed by atoms with van der Waals surface area (Å²) in [5.41, 5.74) is 0. The van der Waals surface area contributed by atoms with Crippen LogP contribution in [-0.4, -0.2) is 50.8 Å². The van der Waals surface area contributed by atoms with Crippen LogP contribution in [0.1, 0.15) is 33.1 Å². The van der Waals surface area contributed by atoms with Crippen molar-refractivity contribution in [1.82, 2.24) is 10.2 Å². The molecule has 0 atom stereocenters. The summed E-state index contributed by atoms with van der Waals surface area (Å²) >= 11 is 0. The average Bonchev–Trinajstić information content (AvgIpc) is 2.35. The van der Waals surface area contributed by atoms with Crippen LogP contribution in [0, 0.1) is 5.92 Å². The van der Waals surface area contributed by atoms with Gasteiger partial charge in [-0.15, -0.1) is 0 Å². The summed E-state index contributed by atoms with van der Waals surface area (Å²) in [6.45, 7) is 12.0. The lowest BCUT2D eigenvalue weighted by molar-refractivity contribution is 0.112. The molecule has 0 radical (unpaired) electrons. The van der Waals surface area contributed by atoms with Gasteiger partial charge in [0.05, 0.1) is 6.61 Å². The Balaban J connectivity index is 2.07. The van der Waals surface area contributed by atoms with Gasteiger partial charge in [0, 0.05) is 13.2 Å². The minimum absolute atomic E-state index is 0.839. The van der Waals surface area contributed by atoms with Crippen molar-refractivity contribution < 1.29 is 4.74 Å². The second kappa shape index (κ2) is 8.97. The predicted octanol–water partition coefficient (Wildman–Crippen LogP) is 1.73. The van der Waals surface area contributed by atoms with Gasteiger partial charge >= 0.3 is 0 Å². The number of likely N-dealkylation sites (N-methyl/N-ethyl adjacent to an activating group) is 1. The average molecular weight is 228 g/mol.